The van der Waals surface area contributed by atoms with Gasteiger partial charge in [-0.05, 0) is 23.6 Å². The Labute approximate surface area is 117 Å². The van der Waals surface area contributed by atoms with E-state index in [-0.39, 0.29) is 12.5 Å². The molecule has 0 radical (unpaired) electrons. The highest BCUT2D eigenvalue weighted by molar-refractivity contribution is 5.76. The second kappa shape index (κ2) is 7.31. The zero-order valence-corrected chi connectivity index (χ0v) is 11.8. The van der Waals surface area contributed by atoms with Gasteiger partial charge in [0.15, 0.2) is 0 Å². The number of nitrogens with one attached hydrogen (secondary N) is 1. The Bertz CT molecular complexity index is 426. The van der Waals surface area contributed by atoms with Gasteiger partial charge >= 0.3 is 6.18 Å². The topological polar surface area (TPSA) is 29.1 Å². The van der Waals surface area contributed by atoms with Crippen molar-refractivity contribution in [1.29, 1.82) is 0 Å². The Morgan fingerprint density at radius 3 is 2.35 bits per heavy atom. The standard InChI is InChI=1S/C15H20F3NO/c1-3-4-11(2)9-14(20)19-10-12-5-7-13(8-6-12)15(16,17)18/h5-8,11H,3-4,9-10H2,1-2H3,(H,19,20). The molecule has 0 aromatic heterocycles. The number of alkyl halides is 3. The zero-order chi connectivity index (χ0) is 15.2. The minimum atomic E-state index is -4.32. The fourth-order valence-corrected chi connectivity index (χ4v) is 2.00. The molecule has 1 unspecified atom stereocenters. The van der Waals surface area contributed by atoms with Gasteiger partial charge in [-0.1, -0.05) is 38.8 Å². The van der Waals surface area contributed by atoms with Crippen molar-refractivity contribution in [3.63, 3.8) is 0 Å². The largest absolute Gasteiger partial charge is 0.416 e. The molecule has 0 spiro atoms. The average Bonchev–Trinajstić information content (AvgIpc) is 2.36. The van der Waals surface area contributed by atoms with Crippen LogP contribution in [-0.2, 0) is 17.5 Å². The second-order valence-corrected chi connectivity index (χ2v) is 5.07. The van der Waals surface area contributed by atoms with Crippen LogP contribution in [0.2, 0.25) is 0 Å². The van der Waals surface area contributed by atoms with Crippen molar-refractivity contribution < 1.29 is 18.0 Å². The van der Waals surface area contributed by atoms with Crippen LogP contribution in [0.5, 0.6) is 0 Å². The first-order valence-corrected chi connectivity index (χ1v) is 6.75. The molecular weight excluding hydrogens is 267 g/mol. The monoisotopic (exact) mass is 287 g/mol. The molecule has 1 rings (SSSR count). The molecule has 1 N–H and O–H groups in total. The number of rotatable bonds is 6. The van der Waals surface area contributed by atoms with Crippen LogP contribution < -0.4 is 5.32 Å². The molecule has 20 heavy (non-hydrogen) atoms. The van der Waals surface area contributed by atoms with E-state index in [4.69, 9.17) is 0 Å². The molecule has 1 aromatic carbocycles. The molecular formula is C15H20F3NO. The first-order valence-electron chi connectivity index (χ1n) is 6.75. The lowest BCUT2D eigenvalue weighted by molar-refractivity contribution is -0.137. The SMILES string of the molecule is CCCC(C)CC(=O)NCc1ccc(C(F)(F)F)cc1. The first-order chi connectivity index (χ1) is 9.32. The van der Waals surface area contributed by atoms with E-state index in [2.05, 4.69) is 12.2 Å². The van der Waals surface area contributed by atoms with E-state index < -0.39 is 11.7 Å². The van der Waals surface area contributed by atoms with Crippen molar-refractivity contribution in [3.8, 4) is 0 Å². The summed E-state index contributed by atoms with van der Waals surface area (Å²) in [6, 6.07) is 4.83. The van der Waals surface area contributed by atoms with Crippen LogP contribution in [0.4, 0.5) is 13.2 Å². The molecule has 0 bridgehead atoms. The summed E-state index contributed by atoms with van der Waals surface area (Å²) in [6.07, 6.45) is -1.84. The maximum atomic E-state index is 12.4. The summed E-state index contributed by atoms with van der Waals surface area (Å²) in [7, 11) is 0. The molecule has 112 valence electrons. The van der Waals surface area contributed by atoms with Crippen LogP contribution in [0.25, 0.3) is 0 Å². The third kappa shape index (κ3) is 5.63. The third-order valence-corrected chi connectivity index (χ3v) is 3.09. The Kier molecular flexibility index (Phi) is 6.05. The van der Waals surface area contributed by atoms with Crippen LogP contribution in [-0.4, -0.2) is 5.91 Å². The van der Waals surface area contributed by atoms with Gasteiger partial charge in [0.05, 0.1) is 5.56 Å². The molecule has 5 heteroatoms. The molecule has 0 fully saturated rings. The van der Waals surface area contributed by atoms with Gasteiger partial charge in [-0.25, -0.2) is 0 Å². The highest BCUT2D eigenvalue weighted by Crippen LogP contribution is 2.29. The van der Waals surface area contributed by atoms with Crippen LogP contribution in [0.15, 0.2) is 24.3 Å². The van der Waals surface area contributed by atoms with Crippen LogP contribution in [0, 0.1) is 5.92 Å². The number of carbonyl (C=O) groups excluding carboxylic acids is 1. The molecule has 1 aromatic rings. The molecule has 0 saturated carbocycles. The van der Waals surface area contributed by atoms with E-state index in [9.17, 15) is 18.0 Å². The van der Waals surface area contributed by atoms with E-state index >= 15 is 0 Å². The number of amides is 1. The van der Waals surface area contributed by atoms with Crippen molar-refractivity contribution in [1.82, 2.24) is 5.32 Å². The van der Waals surface area contributed by atoms with Gasteiger partial charge in [0.1, 0.15) is 0 Å². The van der Waals surface area contributed by atoms with Crippen molar-refractivity contribution in [2.24, 2.45) is 5.92 Å². The second-order valence-electron chi connectivity index (χ2n) is 5.07. The summed E-state index contributed by atoms with van der Waals surface area (Å²) >= 11 is 0. The number of hydrogen-bond acceptors (Lipinski definition) is 1. The highest BCUT2D eigenvalue weighted by Gasteiger charge is 2.29. The lowest BCUT2D eigenvalue weighted by Crippen LogP contribution is -2.24. The van der Waals surface area contributed by atoms with E-state index in [1.807, 2.05) is 6.92 Å². The third-order valence-electron chi connectivity index (χ3n) is 3.09. The lowest BCUT2D eigenvalue weighted by atomic mass is 10.0. The molecule has 0 aliphatic rings. The van der Waals surface area contributed by atoms with Gasteiger partial charge in [0, 0.05) is 13.0 Å². The molecule has 2 nitrogen and oxygen atoms in total. The molecule has 0 aliphatic carbocycles. The normalized spacial score (nSPS) is 13.1. The first kappa shape index (κ1) is 16.5. The fourth-order valence-electron chi connectivity index (χ4n) is 2.00. The molecule has 0 saturated heterocycles. The molecule has 0 aliphatic heterocycles. The predicted molar refractivity (Wildman–Crippen MR) is 72.0 cm³/mol. The number of hydrogen-bond donors (Lipinski definition) is 1. The summed E-state index contributed by atoms with van der Waals surface area (Å²) in [5.74, 6) is 0.262. The maximum Gasteiger partial charge on any atom is 0.416 e. The van der Waals surface area contributed by atoms with Gasteiger partial charge in [0.25, 0.3) is 0 Å². The van der Waals surface area contributed by atoms with Gasteiger partial charge in [-0.15, -0.1) is 0 Å². The highest BCUT2D eigenvalue weighted by atomic mass is 19.4. The Morgan fingerprint density at radius 1 is 1.25 bits per heavy atom. The van der Waals surface area contributed by atoms with E-state index in [0.717, 1.165) is 25.0 Å². The van der Waals surface area contributed by atoms with E-state index in [1.165, 1.54) is 12.1 Å². The van der Waals surface area contributed by atoms with Gasteiger partial charge < -0.3 is 5.32 Å². The van der Waals surface area contributed by atoms with E-state index in [1.54, 1.807) is 0 Å². The van der Waals surface area contributed by atoms with Gasteiger partial charge in [-0.2, -0.15) is 13.2 Å². The van der Waals surface area contributed by atoms with Crippen LogP contribution >= 0.6 is 0 Å². The smallest absolute Gasteiger partial charge is 0.352 e. The average molecular weight is 287 g/mol. The summed E-state index contributed by atoms with van der Waals surface area (Å²) in [4.78, 5) is 11.6. The maximum absolute atomic E-state index is 12.4. The van der Waals surface area contributed by atoms with Crippen molar-refractivity contribution in [3.05, 3.63) is 35.4 Å². The summed E-state index contributed by atoms with van der Waals surface area (Å²) in [6.45, 7) is 4.34. The van der Waals surface area contributed by atoms with Crippen molar-refractivity contribution in [2.75, 3.05) is 0 Å². The number of benzene rings is 1. The summed E-state index contributed by atoms with van der Waals surface area (Å²) < 4.78 is 37.1. The zero-order valence-electron chi connectivity index (χ0n) is 11.8. The quantitative estimate of drug-likeness (QED) is 0.836. The van der Waals surface area contributed by atoms with E-state index in [0.29, 0.717) is 17.9 Å². The van der Waals surface area contributed by atoms with Crippen LogP contribution in [0.3, 0.4) is 0 Å². The molecule has 1 atom stereocenters. The van der Waals surface area contributed by atoms with Crippen molar-refractivity contribution >= 4 is 5.91 Å². The van der Waals surface area contributed by atoms with Gasteiger partial charge in [-0.3, -0.25) is 4.79 Å². The minimum absolute atomic E-state index is 0.0640. The lowest BCUT2D eigenvalue weighted by Gasteiger charge is -2.11. The van der Waals surface area contributed by atoms with Crippen LogP contribution in [0.1, 0.15) is 44.2 Å². The Hall–Kier alpha value is -1.52. The minimum Gasteiger partial charge on any atom is -0.352 e. The molecule has 0 heterocycles. The summed E-state index contributed by atoms with van der Waals surface area (Å²) in [5.41, 5.74) is -0.0151. The Morgan fingerprint density at radius 2 is 1.85 bits per heavy atom. The molecule has 1 amide bonds. The fraction of sp³-hybridized carbons (Fsp3) is 0.533. The number of carbonyl (C=O) groups is 1. The van der Waals surface area contributed by atoms with Gasteiger partial charge in [0.2, 0.25) is 5.91 Å². The predicted octanol–water partition coefficient (Wildman–Crippen LogP) is 4.15. The number of halogens is 3. The van der Waals surface area contributed by atoms with Crippen molar-refractivity contribution in [2.45, 2.75) is 45.8 Å². The summed E-state index contributed by atoms with van der Waals surface area (Å²) in [5, 5.41) is 2.73. The Balaban J connectivity index is 2.44.